The molecule has 1 heterocycles. The highest BCUT2D eigenvalue weighted by Gasteiger charge is 2.24. The van der Waals surface area contributed by atoms with Crippen molar-refractivity contribution in [1.82, 2.24) is 9.78 Å². The van der Waals surface area contributed by atoms with Gasteiger partial charge in [-0.3, -0.25) is 0 Å². The van der Waals surface area contributed by atoms with Crippen LogP contribution in [-0.2, 0) is 4.74 Å². The summed E-state index contributed by atoms with van der Waals surface area (Å²) in [4.78, 5) is 12.2. The van der Waals surface area contributed by atoms with E-state index in [-0.39, 0.29) is 0 Å². The first-order valence-corrected chi connectivity index (χ1v) is 6.95. The maximum Gasteiger partial charge on any atom is 0.438 e. The molecule has 6 heteroatoms. The molecule has 1 aromatic heterocycles. The Labute approximate surface area is 129 Å². The molecule has 0 atom stereocenters. The summed E-state index contributed by atoms with van der Waals surface area (Å²) < 4.78 is 11.7. The number of carbonyl (C=O) groups is 1. The minimum absolute atomic E-state index is 0.296. The lowest BCUT2D eigenvalue weighted by Crippen LogP contribution is -2.28. The van der Waals surface area contributed by atoms with Gasteiger partial charge in [-0.2, -0.15) is 5.10 Å². The van der Waals surface area contributed by atoms with E-state index in [4.69, 9.17) is 15.2 Å². The highest BCUT2D eigenvalue weighted by atomic mass is 16.6. The van der Waals surface area contributed by atoms with Crippen molar-refractivity contribution in [3.63, 3.8) is 0 Å². The Kier molecular flexibility index (Phi) is 4.12. The highest BCUT2D eigenvalue weighted by molar-refractivity contribution is 5.83. The minimum atomic E-state index is -0.614. The first-order chi connectivity index (χ1) is 10.2. The number of benzene rings is 1. The number of methoxy groups -OCH3 is 1. The van der Waals surface area contributed by atoms with E-state index in [2.05, 4.69) is 5.10 Å². The fourth-order valence-electron chi connectivity index (χ4n) is 2.08. The van der Waals surface area contributed by atoms with Crippen LogP contribution < -0.4 is 10.5 Å². The lowest BCUT2D eigenvalue weighted by molar-refractivity contribution is 0.0500. The molecule has 2 N–H and O–H groups in total. The summed E-state index contributed by atoms with van der Waals surface area (Å²) in [6.45, 7) is 7.33. The Bertz CT molecular complexity index is 699. The molecule has 118 valence electrons. The van der Waals surface area contributed by atoms with E-state index in [0.29, 0.717) is 17.1 Å². The van der Waals surface area contributed by atoms with Gasteiger partial charge in [-0.25, -0.2) is 4.79 Å². The molecule has 0 saturated heterocycles. The molecule has 0 aliphatic rings. The molecule has 0 aliphatic heterocycles. The first-order valence-electron chi connectivity index (χ1n) is 6.95. The van der Waals surface area contributed by atoms with E-state index in [0.717, 1.165) is 15.8 Å². The molecule has 22 heavy (non-hydrogen) atoms. The summed E-state index contributed by atoms with van der Waals surface area (Å²) in [7, 11) is 1.48. The molecule has 0 bridgehead atoms. The van der Waals surface area contributed by atoms with Gasteiger partial charge in [0, 0.05) is 11.3 Å². The van der Waals surface area contributed by atoms with Crippen LogP contribution >= 0.6 is 0 Å². The average Bonchev–Trinajstić information content (AvgIpc) is 2.80. The van der Waals surface area contributed by atoms with E-state index in [1.165, 1.54) is 7.11 Å². The van der Waals surface area contributed by atoms with Crippen molar-refractivity contribution < 1.29 is 14.3 Å². The zero-order valence-corrected chi connectivity index (χ0v) is 13.5. The second kappa shape index (κ2) is 5.71. The molecule has 0 fully saturated rings. The summed E-state index contributed by atoms with van der Waals surface area (Å²) >= 11 is 0. The van der Waals surface area contributed by atoms with Crippen LogP contribution in [0.5, 0.6) is 5.88 Å². The van der Waals surface area contributed by atoms with Gasteiger partial charge in [-0.1, -0.05) is 12.1 Å². The lowest BCUT2D eigenvalue weighted by Gasteiger charge is -2.19. The Morgan fingerprint density at radius 3 is 2.50 bits per heavy atom. The monoisotopic (exact) mass is 303 g/mol. The van der Waals surface area contributed by atoms with Crippen LogP contribution in [-0.4, -0.2) is 28.6 Å². The third kappa shape index (κ3) is 3.21. The van der Waals surface area contributed by atoms with Crippen molar-refractivity contribution >= 4 is 11.8 Å². The zero-order valence-electron chi connectivity index (χ0n) is 13.5. The van der Waals surface area contributed by atoms with Gasteiger partial charge < -0.3 is 15.2 Å². The number of nitrogens with two attached hydrogens (primary N) is 1. The van der Waals surface area contributed by atoms with Crippen molar-refractivity contribution in [2.24, 2.45) is 0 Å². The minimum Gasteiger partial charge on any atom is -0.480 e. The molecule has 0 spiro atoms. The average molecular weight is 303 g/mol. The number of aromatic nitrogens is 2. The van der Waals surface area contributed by atoms with Crippen molar-refractivity contribution in [1.29, 1.82) is 0 Å². The quantitative estimate of drug-likeness (QED) is 0.862. The Morgan fingerprint density at radius 2 is 1.95 bits per heavy atom. The highest BCUT2D eigenvalue weighted by Crippen LogP contribution is 2.34. The predicted molar refractivity (Wildman–Crippen MR) is 85.0 cm³/mol. The van der Waals surface area contributed by atoms with Crippen LogP contribution in [0.15, 0.2) is 24.4 Å². The van der Waals surface area contributed by atoms with Crippen LogP contribution in [0.25, 0.3) is 11.1 Å². The topological polar surface area (TPSA) is 79.4 Å². The number of aryl methyl sites for hydroxylation is 1. The number of ether oxygens (including phenoxy) is 2. The number of rotatable bonds is 2. The van der Waals surface area contributed by atoms with E-state index < -0.39 is 11.7 Å². The van der Waals surface area contributed by atoms with Crippen LogP contribution in [0.2, 0.25) is 0 Å². The fraction of sp³-hybridized carbons (Fsp3) is 0.375. The summed E-state index contributed by atoms with van der Waals surface area (Å²) in [5.74, 6) is 0.296. The smallest absolute Gasteiger partial charge is 0.438 e. The van der Waals surface area contributed by atoms with Crippen LogP contribution in [0.3, 0.4) is 0 Å². The van der Waals surface area contributed by atoms with E-state index >= 15 is 0 Å². The summed E-state index contributed by atoms with van der Waals surface area (Å²) in [6, 6.07) is 5.68. The molecule has 6 nitrogen and oxygen atoms in total. The third-order valence-corrected chi connectivity index (χ3v) is 2.98. The number of anilines is 1. The maximum atomic E-state index is 12.2. The summed E-state index contributed by atoms with van der Waals surface area (Å²) in [6.07, 6.45) is 0.949. The van der Waals surface area contributed by atoms with Gasteiger partial charge in [-0.05, 0) is 39.3 Å². The second-order valence-corrected chi connectivity index (χ2v) is 6.05. The summed E-state index contributed by atoms with van der Waals surface area (Å²) in [5.41, 5.74) is 8.50. The Hall–Kier alpha value is -2.50. The predicted octanol–water partition coefficient (Wildman–Crippen LogP) is 3.23. The molecular formula is C16H21N3O3. The van der Waals surface area contributed by atoms with Gasteiger partial charge in [0.15, 0.2) is 0 Å². The molecule has 1 aromatic carbocycles. The molecule has 0 amide bonds. The van der Waals surface area contributed by atoms with E-state index in [1.54, 1.807) is 27.0 Å². The Morgan fingerprint density at radius 1 is 1.27 bits per heavy atom. The van der Waals surface area contributed by atoms with Crippen molar-refractivity contribution in [2.45, 2.75) is 33.3 Å². The van der Waals surface area contributed by atoms with Gasteiger partial charge in [0.2, 0.25) is 5.88 Å². The molecule has 2 rings (SSSR count). The van der Waals surface area contributed by atoms with Gasteiger partial charge >= 0.3 is 6.09 Å². The number of nitrogens with zero attached hydrogens (tertiary/aromatic N) is 2. The van der Waals surface area contributed by atoms with Crippen LogP contribution in [0, 0.1) is 6.92 Å². The molecule has 0 radical (unpaired) electrons. The molecule has 0 unspecified atom stereocenters. The number of nitrogen functional groups attached to an aromatic ring is 1. The number of hydrogen-bond acceptors (Lipinski definition) is 5. The Balaban J connectivity index is 2.46. The number of hydrogen-bond donors (Lipinski definition) is 1. The SMILES string of the molecule is COc1c(-c2ccc(C)cc2N)cnn1C(=O)OC(C)(C)C. The normalized spacial score (nSPS) is 11.3. The van der Waals surface area contributed by atoms with Crippen molar-refractivity contribution in [3.8, 4) is 17.0 Å². The first kappa shape index (κ1) is 15.9. The maximum absolute atomic E-state index is 12.2. The van der Waals surface area contributed by atoms with E-state index in [9.17, 15) is 4.79 Å². The van der Waals surface area contributed by atoms with Crippen molar-refractivity contribution in [3.05, 3.63) is 30.0 Å². The van der Waals surface area contributed by atoms with E-state index in [1.807, 2.05) is 25.1 Å². The lowest BCUT2D eigenvalue weighted by atomic mass is 10.0. The van der Waals surface area contributed by atoms with Gasteiger partial charge in [-0.15, -0.1) is 4.68 Å². The van der Waals surface area contributed by atoms with Crippen LogP contribution in [0.4, 0.5) is 10.5 Å². The summed E-state index contributed by atoms with van der Waals surface area (Å²) in [5, 5.41) is 4.07. The molecular weight excluding hydrogens is 282 g/mol. The fourth-order valence-corrected chi connectivity index (χ4v) is 2.08. The van der Waals surface area contributed by atoms with Gasteiger partial charge in [0.05, 0.1) is 18.9 Å². The van der Waals surface area contributed by atoms with Crippen molar-refractivity contribution in [2.75, 3.05) is 12.8 Å². The number of carbonyl (C=O) groups excluding carboxylic acids is 1. The third-order valence-electron chi connectivity index (χ3n) is 2.98. The second-order valence-electron chi connectivity index (χ2n) is 6.05. The van der Waals surface area contributed by atoms with Gasteiger partial charge in [0.1, 0.15) is 5.60 Å². The zero-order chi connectivity index (χ0) is 16.5. The molecule has 2 aromatic rings. The molecule has 0 aliphatic carbocycles. The largest absolute Gasteiger partial charge is 0.480 e. The molecule has 0 saturated carbocycles. The van der Waals surface area contributed by atoms with Crippen LogP contribution in [0.1, 0.15) is 26.3 Å². The standard InChI is InChI=1S/C16H21N3O3/c1-10-6-7-11(13(17)8-10)12-9-18-19(14(12)21-5)15(20)22-16(2,3)4/h6-9H,17H2,1-5H3. The van der Waals surface area contributed by atoms with Gasteiger partial charge in [0.25, 0.3) is 0 Å².